The van der Waals surface area contributed by atoms with E-state index in [1.54, 1.807) is 6.07 Å². The Labute approximate surface area is 108 Å². The van der Waals surface area contributed by atoms with Crippen molar-refractivity contribution in [2.75, 3.05) is 0 Å². The van der Waals surface area contributed by atoms with Crippen LogP contribution in [0, 0.1) is 20.8 Å². The Bertz CT molecular complexity index is 591. The molecule has 0 fully saturated rings. The summed E-state index contributed by atoms with van der Waals surface area (Å²) in [5.41, 5.74) is 1.52. The first-order valence-electron chi connectivity index (χ1n) is 5.20. The Morgan fingerprint density at radius 3 is 2.29 bits per heavy atom. The number of hydrogen-bond donors (Lipinski definition) is 0. The summed E-state index contributed by atoms with van der Waals surface area (Å²) in [4.78, 5) is 26.6. The standard InChI is InChI=1S/C13H12O2S2/c1-7-4-8(2)17-13(7)12(15)10-5-9(3)16-11(10)6-14/h4-6H,1-3H3. The summed E-state index contributed by atoms with van der Waals surface area (Å²) in [5, 5.41) is 0. The van der Waals surface area contributed by atoms with Crippen molar-refractivity contribution in [1.82, 2.24) is 0 Å². The van der Waals surface area contributed by atoms with Gasteiger partial charge in [-0.3, -0.25) is 9.59 Å². The van der Waals surface area contributed by atoms with Crippen molar-refractivity contribution in [1.29, 1.82) is 0 Å². The minimum absolute atomic E-state index is 0.0351. The highest BCUT2D eigenvalue weighted by atomic mass is 32.1. The topological polar surface area (TPSA) is 34.1 Å². The number of carbonyl (C=O) groups excluding carboxylic acids is 2. The van der Waals surface area contributed by atoms with Crippen LogP contribution in [0.25, 0.3) is 0 Å². The molecule has 2 nitrogen and oxygen atoms in total. The van der Waals surface area contributed by atoms with Gasteiger partial charge in [-0.25, -0.2) is 0 Å². The van der Waals surface area contributed by atoms with Crippen LogP contribution >= 0.6 is 22.7 Å². The molecule has 2 heterocycles. The number of carbonyl (C=O) groups is 2. The summed E-state index contributed by atoms with van der Waals surface area (Å²) in [6.45, 7) is 5.81. The van der Waals surface area contributed by atoms with Crippen molar-refractivity contribution >= 4 is 34.7 Å². The molecule has 4 heteroatoms. The van der Waals surface area contributed by atoms with Crippen molar-refractivity contribution in [3.63, 3.8) is 0 Å². The van der Waals surface area contributed by atoms with Gasteiger partial charge in [-0.1, -0.05) is 0 Å². The molecular weight excluding hydrogens is 252 g/mol. The van der Waals surface area contributed by atoms with Crippen molar-refractivity contribution in [2.24, 2.45) is 0 Å². The Morgan fingerprint density at radius 1 is 1.12 bits per heavy atom. The molecule has 2 rings (SSSR count). The smallest absolute Gasteiger partial charge is 0.204 e. The maximum atomic E-state index is 12.3. The zero-order valence-electron chi connectivity index (χ0n) is 9.87. The Hall–Kier alpha value is -1.26. The summed E-state index contributed by atoms with van der Waals surface area (Å²) in [5.74, 6) is -0.0351. The number of aldehydes is 1. The highest BCUT2D eigenvalue weighted by Crippen LogP contribution is 2.28. The molecule has 17 heavy (non-hydrogen) atoms. The molecule has 0 aliphatic rings. The molecule has 0 saturated carbocycles. The summed E-state index contributed by atoms with van der Waals surface area (Å²) in [7, 11) is 0. The van der Waals surface area contributed by atoms with Gasteiger partial charge in [-0.2, -0.15) is 0 Å². The molecule has 0 atom stereocenters. The zero-order chi connectivity index (χ0) is 12.6. The molecule has 0 N–H and O–H groups in total. The summed E-state index contributed by atoms with van der Waals surface area (Å²) >= 11 is 2.85. The molecule has 0 unspecified atom stereocenters. The highest BCUT2D eigenvalue weighted by molar-refractivity contribution is 7.15. The van der Waals surface area contributed by atoms with E-state index in [-0.39, 0.29) is 5.78 Å². The molecule has 0 aromatic carbocycles. The minimum atomic E-state index is -0.0351. The first-order valence-corrected chi connectivity index (χ1v) is 6.83. The van der Waals surface area contributed by atoms with Crippen molar-refractivity contribution in [3.05, 3.63) is 42.8 Å². The fourth-order valence-electron chi connectivity index (χ4n) is 1.79. The number of rotatable bonds is 3. The number of ketones is 1. The lowest BCUT2D eigenvalue weighted by Crippen LogP contribution is -2.01. The van der Waals surface area contributed by atoms with Gasteiger partial charge in [0.05, 0.1) is 9.75 Å². The quantitative estimate of drug-likeness (QED) is 0.624. The lowest BCUT2D eigenvalue weighted by atomic mass is 10.1. The predicted molar refractivity (Wildman–Crippen MR) is 71.7 cm³/mol. The third-order valence-electron chi connectivity index (χ3n) is 2.48. The molecule has 2 aromatic heterocycles. The van der Waals surface area contributed by atoms with Crippen LogP contribution < -0.4 is 0 Å². The fraction of sp³-hybridized carbons (Fsp3) is 0.231. The second kappa shape index (κ2) is 4.55. The van der Waals surface area contributed by atoms with Crippen LogP contribution in [-0.4, -0.2) is 12.1 Å². The third-order valence-corrected chi connectivity index (χ3v) is 4.61. The Morgan fingerprint density at radius 2 is 1.76 bits per heavy atom. The molecule has 0 radical (unpaired) electrons. The van der Waals surface area contributed by atoms with E-state index in [2.05, 4.69) is 0 Å². The largest absolute Gasteiger partial charge is 0.297 e. The van der Waals surface area contributed by atoms with Crippen molar-refractivity contribution < 1.29 is 9.59 Å². The first-order chi connectivity index (χ1) is 8.02. The number of hydrogen-bond acceptors (Lipinski definition) is 4. The Balaban J connectivity index is 2.50. The van der Waals surface area contributed by atoms with Gasteiger partial charge in [0.2, 0.25) is 5.78 Å². The summed E-state index contributed by atoms with van der Waals surface area (Å²) in [6, 6.07) is 3.79. The van der Waals surface area contributed by atoms with E-state index in [1.807, 2.05) is 26.8 Å². The Kier molecular flexibility index (Phi) is 3.26. The average Bonchev–Trinajstić information content (AvgIpc) is 2.80. The third kappa shape index (κ3) is 2.23. The molecule has 2 aromatic rings. The molecule has 0 aliphatic heterocycles. The van der Waals surface area contributed by atoms with Gasteiger partial charge < -0.3 is 0 Å². The molecule has 0 spiro atoms. The van der Waals surface area contributed by atoms with Gasteiger partial charge in [-0.05, 0) is 38.5 Å². The van der Waals surface area contributed by atoms with E-state index < -0.39 is 0 Å². The van der Waals surface area contributed by atoms with Gasteiger partial charge in [0.25, 0.3) is 0 Å². The fourth-order valence-corrected chi connectivity index (χ4v) is 3.60. The lowest BCUT2D eigenvalue weighted by Gasteiger charge is -1.97. The van der Waals surface area contributed by atoms with Gasteiger partial charge in [-0.15, -0.1) is 22.7 Å². The molecule has 0 bridgehead atoms. The summed E-state index contributed by atoms with van der Waals surface area (Å²) in [6.07, 6.45) is 0.765. The monoisotopic (exact) mass is 264 g/mol. The molecule has 0 saturated heterocycles. The molecule has 0 aliphatic carbocycles. The van der Waals surface area contributed by atoms with Crippen LogP contribution in [0.1, 0.15) is 40.2 Å². The molecule has 0 amide bonds. The van der Waals surface area contributed by atoms with E-state index in [1.165, 1.54) is 22.7 Å². The summed E-state index contributed by atoms with van der Waals surface area (Å²) < 4.78 is 0. The number of thiophene rings is 2. The zero-order valence-corrected chi connectivity index (χ0v) is 11.5. The van der Waals surface area contributed by atoms with Gasteiger partial charge in [0.1, 0.15) is 0 Å². The highest BCUT2D eigenvalue weighted by Gasteiger charge is 2.19. The molecule has 88 valence electrons. The first kappa shape index (κ1) is 12.2. The lowest BCUT2D eigenvalue weighted by molar-refractivity contribution is 0.103. The van der Waals surface area contributed by atoms with E-state index >= 15 is 0 Å². The maximum absolute atomic E-state index is 12.3. The van der Waals surface area contributed by atoms with Crippen LogP contribution in [0.4, 0.5) is 0 Å². The van der Waals surface area contributed by atoms with Crippen molar-refractivity contribution in [2.45, 2.75) is 20.8 Å². The minimum Gasteiger partial charge on any atom is -0.297 e. The van der Waals surface area contributed by atoms with Crippen LogP contribution in [0.2, 0.25) is 0 Å². The van der Waals surface area contributed by atoms with E-state index in [9.17, 15) is 9.59 Å². The van der Waals surface area contributed by atoms with Crippen molar-refractivity contribution in [3.8, 4) is 0 Å². The van der Waals surface area contributed by atoms with E-state index in [0.29, 0.717) is 10.4 Å². The average molecular weight is 264 g/mol. The van der Waals surface area contributed by atoms with Gasteiger partial charge >= 0.3 is 0 Å². The van der Waals surface area contributed by atoms with Crippen LogP contribution in [0.15, 0.2) is 12.1 Å². The molecular formula is C13H12O2S2. The second-order valence-corrected chi connectivity index (χ2v) is 6.50. The predicted octanol–water partition coefficient (Wildman–Crippen LogP) is 3.78. The SMILES string of the molecule is Cc1cc(C(=O)c2sc(C)cc2C)c(C=O)s1. The van der Waals surface area contributed by atoms with E-state index in [4.69, 9.17) is 0 Å². The van der Waals surface area contributed by atoms with Crippen LogP contribution in [-0.2, 0) is 0 Å². The van der Waals surface area contributed by atoms with Gasteiger partial charge in [0, 0.05) is 15.3 Å². The maximum Gasteiger partial charge on any atom is 0.204 e. The van der Waals surface area contributed by atoms with Gasteiger partial charge in [0.15, 0.2) is 6.29 Å². The normalized spacial score (nSPS) is 10.5. The number of aryl methyl sites for hydroxylation is 3. The second-order valence-electron chi connectivity index (χ2n) is 3.95. The van der Waals surface area contributed by atoms with Crippen LogP contribution in [0.3, 0.4) is 0 Å². The van der Waals surface area contributed by atoms with Crippen LogP contribution in [0.5, 0.6) is 0 Å². The van der Waals surface area contributed by atoms with E-state index in [0.717, 1.165) is 26.5 Å².